The molecule has 5 nitrogen and oxygen atoms in total. The number of nitrogens with one attached hydrogen (secondary N) is 1. The van der Waals surface area contributed by atoms with Crippen LogP contribution in [-0.4, -0.2) is 37.0 Å². The molecule has 0 saturated carbocycles. The Kier molecular flexibility index (Phi) is 6.94. The quantitative estimate of drug-likeness (QED) is 0.716. The zero-order valence-corrected chi connectivity index (χ0v) is 17.1. The van der Waals surface area contributed by atoms with Crippen LogP contribution >= 0.6 is 23.2 Å². The lowest BCUT2D eigenvalue weighted by Crippen LogP contribution is -2.40. The van der Waals surface area contributed by atoms with Gasteiger partial charge in [0.05, 0.1) is 18.6 Å². The molecule has 1 aliphatic rings. The number of likely N-dealkylation sites (tertiary alicyclic amines) is 1. The number of hydrogen-bond acceptors (Lipinski definition) is 4. The average Bonchev–Trinajstić information content (AvgIpc) is 2.70. The van der Waals surface area contributed by atoms with E-state index in [2.05, 4.69) is 15.0 Å². The van der Waals surface area contributed by atoms with Gasteiger partial charge < -0.3 is 10.1 Å². The minimum absolute atomic E-state index is 0.0160. The molecule has 148 valence electrons. The van der Waals surface area contributed by atoms with Crippen LogP contribution in [-0.2, 0) is 16.1 Å². The standard InChI is InChI=1S/C21H22Cl2N2O3/c1-28-21(27)14-5-8-18(9-6-14)24-20(26)16-3-2-10-25(13-16)12-15-4-7-17(22)11-19(15)23/h4-9,11,16H,2-3,10,12-13H2,1H3,(H,24,26). The van der Waals surface area contributed by atoms with Crippen LogP contribution in [0.5, 0.6) is 0 Å². The molecule has 0 bridgehead atoms. The lowest BCUT2D eigenvalue weighted by Gasteiger charge is -2.32. The van der Waals surface area contributed by atoms with Gasteiger partial charge in [-0.2, -0.15) is 0 Å². The van der Waals surface area contributed by atoms with Crippen LogP contribution in [0.15, 0.2) is 42.5 Å². The van der Waals surface area contributed by atoms with Crippen LogP contribution < -0.4 is 5.32 Å². The summed E-state index contributed by atoms with van der Waals surface area (Å²) in [6.07, 6.45) is 1.79. The number of piperidine rings is 1. The van der Waals surface area contributed by atoms with E-state index in [1.165, 1.54) is 7.11 Å². The highest BCUT2D eigenvalue weighted by molar-refractivity contribution is 6.35. The van der Waals surface area contributed by atoms with Gasteiger partial charge in [-0.1, -0.05) is 29.3 Å². The van der Waals surface area contributed by atoms with Crippen LogP contribution in [0.2, 0.25) is 10.0 Å². The highest BCUT2D eigenvalue weighted by atomic mass is 35.5. The number of halogens is 2. The second kappa shape index (κ2) is 9.41. The smallest absolute Gasteiger partial charge is 0.337 e. The van der Waals surface area contributed by atoms with Crippen LogP contribution in [0.1, 0.15) is 28.8 Å². The summed E-state index contributed by atoms with van der Waals surface area (Å²) in [5.41, 5.74) is 2.12. The molecule has 2 aromatic carbocycles. The third-order valence-corrected chi connectivity index (χ3v) is 5.45. The number of esters is 1. The molecule has 0 aliphatic carbocycles. The number of benzene rings is 2. The molecule has 0 spiro atoms. The van der Waals surface area contributed by atoms with Crippen molar-refractivity contribution in [2.24, 2.45) is 5.92 Å². The zero-order valence-electron chi connectivity index (χ0n) is 15.6. The Morgan fingerprint density at radius 2 is 1.93 bits per heavy atom. The minimum Gasteiger partial charge on any atom is -0.465 e. The predicted octanol–water partition coefficient (Wildman–Crippen LogP) is 4.63. The summed E-state index contributed by atoms with van der Waals surface area (Å²) >= 11 is 12.2. The van der Waals surface area contributed by atoms with E-state index in [1.807, 2.05) is 12.1 Å². The van der Waals surface area contributed by atoms with Crippen molar-refractivity contribution in [1.29, 1.82) is 0 Å². The van der Waals surface area contributed by atoms with Gasteiger partial charge in [-0.3, -0.25) is 9.69 Å². The van der Waals surface area contributed by atoms with E-state index in [1.54, 1.807) is 30.3 Å². The molecule has 1 heterocycles. The number of hydrogen-bond donors (Lipinski definition) is 1. The minimum atomic E-state index is -0.401. The molecule has 3 rings (SSSR count). The number of carbonyl (C=O) groups excluding carboxylic acids is 2. The first-order valence-corrected chi connectivity index (χ1v) is 9.87. The largest absolute Gasteiger partial charge is 0.465 e. The van der Waals surface area contributed by atoms with Crippen molar-refractivity contribution in [3.8, 4) is 0 Å². The fourth-order valence-electron chi connectivity index (χ4n) is 3.36. The lowest BCUT2D eigenvalue weighted by atomic mass is 9.96. The molecular formula is C21H22Cl2N2O3. The van der Waals surface area contributed by atoms with Crippen molar-refractivity contribution in [3.05, 3.63) is 63.6 Å². The normalized spacial score (nSPS) is 17.2. The van der Waals surface area contributed by atoms with Crippen molar-refractivity contribution in [3.63, 3.8) is 0 Å². The maximum atomic E-state index is 12.7. The zero-order chi connectivity index (χ0) is 20.1. The Bertz CT molecular complexity index is 855. The van der Waals surface area contributed by atoms with Crippen molar-refractivity contribution >= 4 is 40.8 Å². The summed E-state index contributed by atoms with van der Waals surface area (Å²) < 4.78 is 4.68. The maximum Gasteiger partial charge on any atom is 0.337 e. The Labute approximate surface area is 174 Å². The van der Waals surface area contributed by atoms with Gasteiger partial charge in [0.25, 0.3) is 0 Å². The molecule has 1 atom stereocenters. The molecule has 0 aromatic heterocycles. The van der Waals surface area contributed by atoms with Crippen LogP contribution in [0.4, 0.5) is 5.69 Å². The molecule has 1 amide bonds. The number of methoxy groups -OCH3 is 1. The number of amides is 1. The number of anilines is 1. The summed E-state index contributed by atoms with van der Waals surface area (Å²) in [6.45, 7) is 2.29. The van der Waals surface area contributed by atoms with Gasteiger partial charge in [0.2, 0.25) is 5.91 Å². The number of ether oxygens (including phenoxy) is 1. The third-order valence-electron chi connectivity index (χ3n) is 4.86. The van der Waals surface area contributed by atoms with E-state index < -0.39 is 5.97 Å². The maximum absolute atomic E-state index is 12.7. The van der Waals surface area contributed by atoms with Crippen molar-refractivity contribution in [2.45, 2.75) is 19.4 Å². The van der Waals surface area contributed by atoms with Gasteiger partial charge in [0, 0.05) is 28.8 Å². The molecule has 7 heteroatoms. The van der Waals surface area contributed by atoms with E-state index in [-0.39, 0.29) is 11.8 Å². The van der Waals surface area contributed by atoms with Gasteiger partial charge in [-0.15, -0.1) is 0 Å². The Balaban J connectivity index is 1.58. The van der Waals surface area contributed by atoms with Gasteiger partial charge >= 0.3 is 5.97 Å². The van der Waals surface area contributed by atoms with Crippen LogP contribution in [0.25, 0.3) is 0 Å². The summed E-state index contributed by atoms with van der Waals surface area (Å²) in [4.78, 5) is 26.4. The van der Waals surface area contributed by atoms with Crippen LogP contribution in [0.3, 0.4) is 0 Å². The highest BCUT2D eigenvalue weighted by Crippen LogP contribution is 2.25. The van der Waals surface area contributed by atoms with Gasteiger partial charge in [0.15, 0.2) is 0 Å². The second-order valence-electron chi connectivity index (χ2n) is 6.87. The molecule has 1 unspecified atom stereocenters. The second-order valence-corrected chi connectivity index (χ2v) is 7.71. The predicted molar refractivity (Wildman–Crippen MR) is 111 cm³/mol. The summed E-state index contributed by atoms with van der Waals surface area (Å²) in [5, 5.41) is 4.19. The number of nitrogens with zero attached hydrogens (tertiary/aromatic N) is 1. The summed E-state index contributed by atoms with van der Waals surface area (Å²) in [5.74, 6) is -0.514. The Morgan fingerprint density at radius 3 is 2.61 bits per heavy atom. The van der Waals surface area contributed by atoms with E-state index in [0.29, 0.717) is 34.4 Å². The molecule has 2 aromatic rings. The molecule has 1 aliphatic heterocycles. The Hall–Kier alpha value is -2.08. The summed E-state index contributed by atoms with van der Waals surface area (Å²) in [7, 11) is 1.34. The average molecular weight is 421 g/mol. The van der Waals surface area contributed by atoms with Crippen LogP contribution in [0, 0.1) is 5.92 Å². The van der Waals surface area contributed by atoms with Crippen molar-refractivity contribution < 1.29 is 14.3 Å². The topological polar surface area (TPSA) is 58.6 Å². The first-order chi connectivity index (χ1) is 13.5. The third kappa shape index (κ3) is 5.25. The SMILES string of the molecule is COC(=O)c1ccc(NC(=O)C2CCCN(Cc3ccc(Cl)cc3Cl)C2)cc1. The van der Waals surface area contributed by atoms with Gasteiger partial charge in [-0.05, 0) is 61.3 Å². The van der Waals surface area contributed by atoms with E-state index in [4.69, 9.17) is 23.2 Å². The molecule has 0 radical (unpaired) electrons. The fourth-order valence-corrected chi connectivity index (χ4v) is 3.82. The number of carbonyl (C=O) groups is 2. The molecule has 1 N–H and O–H groups in total. The number of rotatable bonds is 5. The molecule has 1 saturated heterocycles. The molecular weight excluding hydrogens is 399 g/mol. The van der Waals surface area contributed by atoms with E-state index in [0.717, 1.165) is 24.9 Å². The van der Waals surface area contributed by atoms with Gasteiger partial charge in [0.1, 0.15) is 0 Å². The van der Waals surface area contributed by atoms with Crippen molar-refractivity contribution in [1.82, 2.24) is 4.90 Å². The van der Waals surface area contributed by atoms with E-state index >= 15 is 0 Å². The van der Waals surface area contributed by atoms with Gasteiger partial charge in [-0.25, -0.2) is 4.79 Å². The Morgan fingerprint density at radius 1 is 1.18 bits per heavy atom. The fraction of sp³-hybridized carbons (Fsp3) is 0.333. The molecule has 1 fully saturated rings. The first kappa shape index (κ1) is 20.6. The first-order valence-electron chi connectivity index (χ1n) is 9.12. The van der Waals surface area contributed by atoms with Crippen molar-refractivity contribution in [2.75, 3.05) is 25.5 Å². The molecule has 28 heavy (non-hydrogen) atoms. The summed E-state index contributed by atoms with van der Waals surface area (Å²) in [6, 6.07) is 12.2. The lowest BCUT2D eigenvalue weighted by molar-refractivity contribution is -0.121. The monoisotopic (exact) mass is 420 g/mol. The van der Waals surface area contributed by atoms with E-state index in [9.17, 15) is 9.59 Å². The highest BCUT2D eigenvalue weighted by Gasteiger charge is 2.26.